The zero-order chi connectivity index (χ0) is 16.9. The Balaban J connectivity index is 1.55. The first-order valence-electron chi connectivity index (χ1n) is 8.70. The molecule has 5 nitrogen and oxygen atoms in total. The Labute approximate surface area is 141 Å². The lowest BCUT2D eigenvalue weighted by Crippen LogP contribution is -2.39. The number of benzene rings is 1. The van der Waals surface area contributed by atoms with E-state index in [9.17, 15) is 9.59 Å². The van der Waals surface area contributed by atoms with Crippen molar-refractivity contribution in [2.45, 2.75) is 38.6 Å². The van der Waals surface area contributed by atoms with Crippen LogP contribution in [-0.4, -0.2) is 36.5 Å². The first-order valence-corrected chi connectivity index (χ1v) is 8.70. The molecule has 1 aromatic carbocycles. The predicted molar refractivity (Wildman–Crippen MR) is 94.3 cm³/mol. The molecular weight excluding hydrogens is 304 g/mol. The minimum absolute atomic E-state index is 0.0695. The van der Waals surface area contributed by atoms with Gasteiger partial charge in [-0.15, -0.1) is 0 Å². The van der Waals surface area contributed by atoms with Gasteiger partial charge in [-0.25, -0.2) is 4.79 Å². The third kappa shape index (κ3) is 3.85. The fourth-order valence-electron chi connectivity index (χ4n) is 3.29. The third-order valence-corrected chi connectivity index (χ3v) is 4.73. The van der Waals surface area contributed by atoms with Gasteiger partial charge < -0.3 is 14.6 Å². The molecule has 1 N–H and O–H groups in total. The van der Waals surface area contributed by atoms with E-state index in [-0.39, 0.29) is 11.5 Å². The molecule has 3 rings (SSSR count). The summed E-state index contributed by atoms with van der Waals surface area (Å²) in [6, 6.07) is 9.42. The molecule has 0 saturated carbocycles. The Hall–Kier alpha value is -2.14. The van der Waals surface area contributed by atoms with Crippen molar-refractivity contribution in [1.82, 2.24) is 10.2 Å². The Morgan fingerprint density at radius 1 is 1.33 bits per heavy atom. The van der Waals surface area contributed by atoms with Crippen LogP contribution in [0.25, 0.3) is 11.0 Å². The van der Waals surface area contributed by atoms with Crippen molar-refractivity contribution in [2.24, 2.45) is 0 Å². The van der Waals surface area contributed by atoms with Crippen LogP contribution >= 0.6 is 0 Å². The normalized spacial score (nSPS) is 18.6. The Kier molecular flexibility index (Phi) is 5.30. The number of likely N-dealkylation sites (tertiary alicyclic amines) is 1. The largest absolute Gasteiger partial charge is 0.422 e. The number of hydrogen-bond acceptors (Lipinski definition) is 4. The molecule has 0 spiro atoms. The summed E-state index contributed by atoms with van der Waals surface area (Å²) in [4.78, 5) is 26.7. The molecule has 1 atom stereocenters. The summed E-state index contributed by atoms with van der Waals surface area (Å²) in [5.74, 6) is -0.360. The topological polar surface area (TPSA) is 62.6 Å². The van der Waals surface area contributed by atoms with E-state index in [1.165, 1.54) is 19.3 Å². The number of carbonyl (C=O) groups is 1. The highest BCUT2D eigenvalue weighted by atomic mass is 16.4. The van der Waals surface area contributed by atoms with Crippen molar-refractivity contribution < 1.29 is 9.21 Å². The first kappa shape index (κ1) is 16.7. The lowest BCUT2D eigenvalue weighted by molar-refractivity contribution is 0.0945. The fourth-order valence-corrected chi connectivity index (χ4v) is 3.29. The molecular formula is C19H24N2O3. The van der Waals surface area contributed by atoms with E-state index >= 15 is 0 Å². The average Bonchev–Trinajstić information content (AvgIpc) is 2.59. The minimum atomic E-state index is -0.587. The molecule has 0 bridgehead atoms. The Morgan fingerprint density at radius 2 is 2.17 bits per heavy atom. The van der Waals surface area contributed by atoms with Crippen LogP contribution in [0.1, 0.15) is 43.0 Å². The number of carbonyl (C=O) groups excluding carboxylic acids is 1. The van der Waals surface area contributed by atoms with Gasteiger partial charge in [0.15, 0.2) is 0 Å². The van der Waals surface area contributed by atoms with Crippen molar-refractivity contribution in [3.63, 3.8) is 0 Å². The number of amides is 1. The number of para-hydroxylation sites is 1. The first-order chi connectivity index (χ1) is 11.6. The van der Waals surface area contributed by atoms with E-state index in [4.69, 9.17) is 4.42 Å². The fraction of sp³-hybridized carbons (Fsp3) is 0.474. The molecule has 1 aromatic heterocycles. The minimum Gasteiger partial charge on any atom is -0.422 e. The second kappa shape index (κ2) is 7.62. The molecule has 1 aliphatic rings. The number of nitrogens with zero attached hydrogens (tertiary/aromatic N) is 1. The van der Waals surface area contributed by atoms with Gasteiger partial charge in [-0.3, -0.25) is 4.79 Å². The summed E-state index contributed by atoms with van der Waals surface area (Å²) in [5, 5.41) is 3.59. The molecule has 1 aliphatic heterocycles. The van der Waals surface area contributed by atoms with Gasteiger partial charge in [0.1, 0.15) is 11.1 Å². The van der Waals surface area contributed by atoms with Crippen LogP contribution in [-0.2, 0) is 0 Å². The molecule has 128 valence electrons. The van der Waals surface area contributed by atoms with E-state index in [1.54, 1.807) is 18.2 Å². The van der Waals surface area contributed by atoms with Crippen LogP contribution in [0.2, 0.25) is 0 Å². The highest BCUT2D eigenvalue weighted by Crippen LogP contribution is 2.16. The molecule has 24 heavy (non-hydrogen) atoms. The van der Waals surface area contributed by atoms with Gasteiger partial charge in [-0.05, 0) is 44.9 Å². The molecule has 2 heterocycles. The number of nitrogens with one attached hydrogen (secondary N) is 1. The second-order valence-corrected chi connectivity index (χ2v) is 6.48. The van der Waals surface area contributed by atoms with Crippen molar-refractivity contribution in [3.8, 4) is 0 Å². The molecule has 0 unspecified atom stereocenters. The van der Waals surface area contributed by atoms with E-state index in [1.807, 2.05) is 12.1 Å². The van der Waals surface area contributed by atoms with Crippen LogP contribution in [0.4, 0.5) is 0 Å². The Bertz CT molecular complexity index is 769. The maximum absolute atomic E-state index is 12.2. The molecule has 1 amide bonds. The second-order valence-electron chi connectivity index (χ2n) is 6.48. The van der Waals surface area contributed by atoms with E-state index < -0.39 is 5.63 Å². The average molecular weight is 328 g/mol. The van der Waals surface area contributed by atoms with E-state index in [0.29, 0.717) is 18.2 Å². The van der Waals surface area contributed by atoms with Crippen molar-refractivity contribution in [1.29, 1.82) is 0 Å². The lowest BCUT2D eigenvalue weighted by Gasteiger charge is -2.33. The van der Waals surface area contributed by atoms with Gasteiger partial charge in [0, 0.05) is 24.5 Å². The van der Waals surface area contributed by atoms with E-state index in [2.05, 4.69) is 17.1 Å². The zero-order valence-electron chi connectivity index (χ0n) is 14.1. The van der Waals surface area contributed by atoms with Crippen molar-refractivity contribution >= 4 is 16.9 Å². The predicted octanol–water partition coefficient (Wildman–Crippen LogP) is 2.79. The van der Waals surface area contributed by atoms with Crippen LogP contribution < -0.4 is 10.9 Å². The maximum atomic E-state index is 12.2. The van der Waals surface area contributed by atoms with Gasteiger partial charge in [0.05, 0.1) is 0 Å². The third-order valence-electron chi connectivity index (χ3n) is 4.73. The number of hydrogen-bond donors (Lipinski definition) is 1. The quantitative estimate of drug-likeness (QED) is 0.677. The standard InChI is InChI=1S/C19H24N2O3/c1-14-7-4-5-11-21(14)12-6-10-20-18(22)16-13-15-8-2-3-9-17(15)24-19(16)23/h2-3,8-9,13-14H,4-7,10-12H2,1H3,(H,20,22)/t14-/m1/s1. The summed E-state index contributed by atoms with van der Waals surface area (Å²) >= 11 is 0. The van der Waals surface area contributed by atoms with Crippen LogP contribution in [0, 0.1) is 0 Å². The van der Waals surface area contributed by atoms with Gasteiger partial charge >= 0.3 is 5.63 Å². The summed E-state index contributed by atoms with van der Waals surface area (Å²) in [5.41, 5.74) is -0.0194. The molecule has 2 aromatic rings. The summed E-state index contributed by atoms with van der Waals surface area (Å²) in [6.45, 7) is 4.95. The van der Waals surface area contributed by atoms with Gasteiger partial charge in [-0.2, -0.15) is 0 Å². The van der Waals surface area contributed by atoms with Crippen molar-refractivity contribution in [2.75, 3.05) is 19.6 Å². The number of piperidine rings is 1. The SMILES string of the molecule is C[C@@H]1CCCCN1CCCNC(=O)c1cc2ccccc2oc1=O. The monoisotopic (exact) mass is 328 g/mol. The van der Waals surface area contributed by atoms with E-state index in [0.717, 1.165) is 24.9 Å². The smallest absolute Gasteiger partial charge is 0.349 e. The highest BCUT2D eigenvalue weighted by Gasteiger charge is 2.18. The molecule has 5 heteroatoms. The summed E-state index contributed by atoms with van der Waals surface area (Å²) < 4.78 is 5.20. The van der Waals surface area contributed by atoms with Crippen LogP contribution in [0.3, 0.4) is 0 Å². The summed E-state index contributed by atoms with van der Waals surface area (Å²) in [6.07, 6.45) is 4.71. The zero-order valence-corrected chi connectivity index (χ0v) is 14.1. The van der Waals surface area contributed by atoms with Crippen molar-refractivity contribution in [3.05, 3.63) is 46.3 Å². The molecule has 0 aliphatic carbocycles. The van der Waals surface area contributed by atoms with Gasteiger partial charge in [0.2, 0.25) is 0 Å². The highest BCUT2D eigenvalue weighted by molar-refractivity contribution is 5.96. The lowest BCUT2D eigenvalue weighted by atomic mass is 10.0. The Morgan fingerprint density at radius 3 is 3.00 bits per heavy atom. The number of fused-ring (bicyclic) bond motifs is 1. The molecule has 1 fully saturated rings. The van der Waals surface area contributed by atoms with Crippen LogP contribution in [0.5, 0.6) is 0 Å². The van der Waals surface area contributed by atoms with Gasteiger partial charge in [0.25, 0.3) is 5.91 Å². The summed E-state index contributed by atoms with van der Waals surface area (Å²) in [7, 11) is 0. The molecule has 0 radical (unpaired) electrons. The maximum Gasteiger partial charge on any atom is 0.349 e. The number of rotatable bonds is 5. The molecule has 1 saturated heterocycles. The van der Waals surface area contributed by atoms with Crippen LogP contribution in [0.15, 0.2) is 39.5 Å². The van der Waals surface area contributed by atoms with Gasteiger partial charge in [-0.1, -0.05) is 24.6 Å².